The van der Waals surface area contributed by atoms with E-state index in [-0.39, 0.29) is 17.2 Å². The molecule has 162 valence electrons. The second-order valence-corrected chi connectivity index (χ2v) is 9.22. The lowest BCUT2D eigenvalue weighted by atomic mass is 10.1. The molecule has 2 aromatic carbocycles. The molecule has 0 saturated heterocycles. The van der Waals surface area contributed by atoms with Gasteiger partial charge in [-0.2, -0.15) is 0 Å². The van der Waals surface area contributed by atoms with Crippen LogP contribution in [0.15, 0.2) is 82.6 Å². The van der Waals surface area contributed by atoms with Crippen LogP contribution in [-0.2, 0) is 17.9 Å². The topological polar surface area (TPSA) is 64.0 Å². The van der Waals surface area contributed by atoms with E-state index in [1.165, 1.54) is 23.1 Å². The average Bonchev–Trinajstić information content (AvgIpc) is 3.24. The molecule has 1 N–H and O–H groups in total. The van der Waals surface area contributed by atoms with Crippen molar-refractivity contribution in [2.45, 2.75) is 18.2 Å². The minimum Gasteiger partial charge on any atom is -0.351 e. The standard InChI is InChI=1S/C24H20ClN3O2S2/c1-2-12-28-23(30)21-19(17-8-10-18(25)11-9-17)14-31-22(21)27-24(28)32-15-20(29)26-13-16-6-4-3-5-7-16/h2-11,14H,1,12-13,15H2,(H,26,29). The van der Waals surface area contributed by atoms with E-state index in [4.69, 9.17) is 16.6 Å². The number of rotatable bonds is 8. The van der Waals surface area contributed by atoms with Crippen LogP contribution in [0.3, 0.4) is 0 Å². The van der Waals surface area contributed by atoms with Crippen LogP contribution in [0.2, 0.25) is 5.02 Å². The van der Waals surface area contributed by atoms with Crippen LogP contribution in [0.25, 0.3) is 21.3 Å². The molecule has 5 nitrogen and oxygen atoms in total. The van der Waals surface area contributed by atoms with Crippen molar-refractivity contribution >= 4 is 50.8 Å². The highest BCUT2D eigenvalue weighted by Gasteiger charge is 2.17. The Morgan fingerprint density at radius 1 is 1.19 bits per heavy atom. The zero-order valence-corrected chi connectivity index (χ0v) is 19.5. The highest BCUT2D eigenvalue weighted by Crippen LogP contribution is 2.32. The van der Waals surface area contributed by atoms with Crippen molar-refractivity contribution in [2.75, 3.05) is 5.75 Å². The molecule has 1 amide bonds. The molecule has 0 fully saturated rings. The summed E-state index contributed by atoms with van der Waals surface area (Å²) >= 11 is 8.67. The molecule has 0 aliphatic rings. The van der Waals surface area contributed by atoms with Crippen LogP contribution >= 0.6 is 34.7 Å². The van der Waals surface area contributed by atoms with Crippen LogP contribution in [-0.4, -0.2) is 21.2 Å². The van der Waals surface area contributed by atoms with Crippen LogP contribution in [0, 0.1) is 0 Å². The van der Waals surface area contributed by atoms with E-state index >= 15 is 0 Å². The number of allylic oxidation sites excluding steroid dienone is 1. The fourth-order valence-corrected chi connectivity index (χ4v) is 5.18. The van der Waals surface area contributed by atoms with Gasteiger partial charge in [0.2, 0.25) is 5.91 Å². The largest absolute Gasteiger partial charge is 0.351 e. The number of carbonyl (C=O) groups is 1. The van der Waals surface area contributed by atoms with Gasteiger partial charge in [0.05, 0.1) is 11.1 Å². The van der Waals surface area contributed by atoms with E-state index in [1.54, 1.807) is 22.8 Å². The molecule has 0 radical (unpaired) electrons. The molecule has 0 aliphatic heterocycles. The molecule has 2 aromatic heterocycles. The van der Waals surface area contributed by atoms with Crippen molar-refractivity contribution in [3.05, 3.63) is 93.6 Å². The van der Waals surface area contributed by atoms with Crippen molar-refractivity contribution in [1.29, 1.82) is 0 Å². The molecule has 2 heterocycles. The third-order valence-corrected chi connectivity index (χ3v) is 6.89. The van der Waals surface area contributed by atoms with Gasteiger partial charge in [-0.15, -0.1) is 17.9 Å². The molecular formula is C24H20ClN3O2S2. The van der Waals surface area contributed by atoms with E-state index in [2.05, 4.69) is 11.9 Å². The number of thioether (sulfide) groups is 1. The first-order valence-corrected chi connectivity index (χ1v) is 12.1. The number of nitrogens with zero attached hydrogens (tertiary/aromatic N) is 2. The summed E-state index contributed by atoms with van der Waals surface area (Å²) in [6, 6.07) is 17.1. The second kappa shape index (κ2) is 10.2. The maximum Gasteiger partial charge on any atom is 0.263 e. The summed E-state index contributed by atoms with van der Waals surface area (Å²) < 4.78 is 1.57. The number of hydrogen-bond donors (Lipinski definition) is 1. The molecule has 0 saturated carbocycles. The van der Waals surface area contributed by atoms with Gasteiger partial charge in [-0.25, -0.2) is 4.98 Å². The monoisotopic (exact) mass is 481 g/mol. The molecule has 0 aliphatic carbocycles. The van der Waals surface area contributed by atoms with E-state index in [0.717, 1.165) is 16.7 Å². The fourth-order valence-electron chi connectivity index (χ4n) is 3.23. The van der Waals surface area contributed by atoms with Gasteiger partial charge in [0.1, 0.15) is 4.83 Å². The summed E-state index contributed by atoms with van der Waals surface area (Å²) in [5.41, 5.74) is 2.62. The lowest BCUT2D eigenvalue weighted by Crippen LogP contribution is -2.26. The van der Waals surface area contributed by atoms with E-state index < -0.39 is 0 Å². The van der Waals surface area contributed by atoms with Gasteiger partial charge in [0.15, 0.2) is 5.16 Å². The SMILES string of the molecule is C=CCn1c(SCC(=O)NCc2ccccc2)nc2scc(-c3ccc(Cl)cc3)c2c1=O. The Morgan fingerprint density at radius 3 is 2.66 bits per heavy atom. The summed E-state index contributed by atoms with van der Waals surface area (Å²) in [6.45, 7) is 4.54. The number of thiophene rings is 1. The molecule has 4 aromatic rings. The van der Waals surface area contributed by atoms with Gasteiger partial charge in [-0.1, -0.05) is 71.9 Å². The van der Waals surface area contributed by atoms with Gasteiger partial charge in [-0.3, -0.25) is 14.2 Å². The molecule has 0 bridgehead atoms. The quantitative estimate of drug-likeness (QED) is 0.209. The van der Waals surface area contributed by atoms with Crippen LogP contribution < -0.4 is 10.9 Å². The van der Waals surface area contributed by atoms with Crippen molar-refractivity contribution < 1.29 is 4.79 Å². The maximum atomic E-state index is 13.4. The smallest absolute Gasteiger partial charge is 0.263 e. The van der Waals surface area contributed by atoms with Crippen molar-refractivity contribution in [3.8, 4) is 11.1 Å². The Labute approximate surface area is 198 Å². The van der Waals surface area contributed by atoms with E-state index in [1.807, 2.05) is 47.8 Å². The minimum atomic E-state index is -0.145. The highest BCUT2D eigenvalue weighted by molar-refractivity contribution is 7.99. The first-order valence-electron chi connectivity index (χ1n) is 9.89. The number of carbonyl (C=O) groups excluding carboxylic acids is 1. The molecule has 32 heavy (non-hydrogen) atoms. The first-order chi connectivity index (χ1) is 15.6. The highest BCUT2D eigenvalue weighted by atomic mass is 35.5. The van der Waals surface area contributed by atoms with Gasteiger partial charge in [0, 0.05) is 29.1 Å². The second-order valence-electron chi connectivity index (χ2n) is 6.99. The third kappa shape index (κ3) is 4.96. The number of aromatic nitrogens is 2. The Balaban J connectivity index is 1.58. The molecular weight excluding hydrogens is 462 g/mol. The Bertz CT molecular complexity index is 1320. The predicted molar refractivity (Wildman–Crippen MR) is 134 cm³/mol. The van der Waals surface area contributed by atoms with Gasteiger partial charge in [0.25, 0.3) is 5.56 Å². The van der Waals surface area contributed by atoms with Gasteiger partial charge in [-0.05, 0) is 23.3 Å². The summed E-state index contributed by atoms with van der Waals surface area (Å²) in [5.74, 6) is 0.0449. The maximum absolute atomic E-state index is 13.4. The number of fused-ring (bicyclic) bond motifs is 1. The third-order valence-electron chi connectivity index (χ3n) is 4.79. The normalized spacial score (nSPS) is 10.9. The predicted octanol–water partition coefficient (Wildman–Crippen LogP) is 5.37. The number of nitrogens with one attached hydrogen (secondary N) is 1. The zero-order valence-electron chi connectivity index (χ0n) is 17.1. The fraction of sp³-hybridized carbons (Fsp3) is 0.125. The molecule has 0 spiro atoms. The lowest BCUT2D eigenvalue weighted by molar-refractivity contribution is -0.118. The molecule has 4 rings (SSSR count). The van der Waals surface area contributed by atoms with Crippen molar-refractivity contribution in [2.24, 2.45) is 0 Å². The van der Waals surface area contributed by atoms with Crippen LogP contribution in [0.5, 0.6) is 0 Å². The average molecular weight is 482 g/mol. The van der Waals surface area contributed by atoms with Crippen molar-refractivity contribution in [1.82, 2.24) is 14.9 Å². The first kappa shape index (κ1) is 22.3. The Hall–Kier alpha value is -2.87. The molecule has 0 atom stereocenters. The Kier molecular flexibility index (Phi) is 7.09. The van der Waals surface area contributed by atoms with Gasteiger partial charge < -0.3 is 5.32 Å². The van der Waals surface area contributed by atoms with E-state index in [0.29, 0.717) is 33.5 Å². The number of halogens is 1. The zero-order chi connectivity index (χ0) is 22.5. The molecule has 0 unspecified atom stereocenters. The number of amides is 1. The summed E-state index contributed by atoms with van der Waals surface area (Å²) in [4.78, 5) is 31.1. The summed E-state index contributed by atoms with van der Waals surface area (Å²) in [5, 5.41) is 6.54. The van der Waals surface area contributed by atoms with Gasteiger partial charge >= 0.3 is 0 Å². The molecule has 8 heteroatoms. The van der Waals surface area contributed by atoms with Crippen LogP contribution in [0.4, 0.5) is 0 Å². The summed E-state index contributed by atoms with van der Waals surface area (Å²) in [6.07, 6.45) is 1.66. The lowest BCUT2D eigenvalue weighted by Gasteiger charge is -2.11. The summed E-state index contributed by atoms with van der Waals surface area (Å²) in [7, 11) is 0. The Morgan fingerprint density at radius 2 is 1.94 bits per heavy atom. The van der Waals surface area contributed by atoms with E-state index in [9.17, 15) is 9.59 Å². The number of hydrogen-bond acceptors (Lipinski definition) is 5. The number of benzene rings is 2. The van der Waals surface area contributed by atoms with Crippen molar-refractivity contribution in [3.63, 3.8) is 0 Å². The van der Waals surface area contributed by atoms with Crippen LogP contribution in [0.1, 0.15) is 5.56 Å². The minimum absolute atomic E-state index is 0.119.